The molecule has 29 heavy (non-hydrogen) atoms. The number of nitrogens with one attached hydrogen (secondary N) is 1. The number of hydrogen-bond acceptors (Lipinski definition) is 2. The molecule has 1 aromatic heterocycles. The largest absolute Gasteiger partial charge is 0.388 e. The SMILES string of the molecule is CNc1ccccc1C(C)(C)c1cc(-c2ccc(Cl)cc2)nn1-c1ccccc1. The minimum Gasteiger partial charge on any atom is -0.388 e. The molecule has 3 nitrogen and oxygen atoms in total. The summed E-state index contributed by atoms with van der Waals surface area (Å²) in [6.07, 6.45) is 0. The molecule has 0 saturated carbocycles. The van der Waals surface area contributed by atoms with E-state index in [2.05, 4.69) is 66.3 Å². The fourth-order valence-corrected chi connectivity index (χ4v) is 3.86. The smallest absolute Gasteiger partial charge is 0.0930 e. The highest BCUT2D eigenvalue weighted by molar-refractivity contribution is 6.30. The zero-order chi connectivity index (χ0) is 20.4. The van der Waals surface area contributed by atoms with Crippen LogP contribution in [0.15, 0.2) is 84.9 Å². The Kier molecular flexibility index (Phi) is 5.16. The first kappa shape index (κ1) is 19.3. The van der Waals surface area contributed by atoms with Crippen LogP contribution in [0.4, 0.5) is 5.69 Å². The van der Waals surface area contributed by atoms with Crippen LogP contribution in [0.5, 0.6) is 0 Å². The Hall–Kier alpha value is -3.04. The molecule has 146 valence electrons. The predicted octanol–water partition coefficient (Wildman–Crippen LogP) is 6.56. The highest BCUT2D eigenvalue weighted by Gasteiger charge is 2.31. The minimum absolute atomic E-state index is 0.271. The molecule has 0 aliphatic heterocycles. The van der Waals surface area contributed by atoms with Crippen molar-refractivity contribution in [3.8, 4) is 16.9 Å². The number of benzene rings is 3. The van der Waals surface area contributed by atoms with Crippen LogP contribution in [0, 0.1) is 0 Å². The Labute approximate surface area is 177 Å². The van der Waals surface area contributed by atoms with Crippen molar-refractivity contribution in [1.29, 1.82) is 0 Å². The van der Waals surface area contributed by atoms with Gasteiger partial charge in [-0.05, 0) is 42.0 Å². The summed E-state index contributed by atoms with van der Waals surface area (Å²) < 4.78 is 2.05. The first-order valence-corrected chi connectivity index (χ1v) is 10.1. The van der Waals surface area contributed by atoms with Crippen molar-refractivity contribution >= 4 is 17.3 Å². The summed E-state index contributed by atoms with van der Waals surface area (Å²) in [5.74, 6) is 0. The first-order chi connectivity index (χ1) is 14.0. The number of rotatable bonds is 5. The second-order valence-electron chi connectivity index (χ2n) is 7.59. The molecule has 0 amide bonds. The number of anilines is 1. The lowest BCUT2D eigenvalue weighted by Gasteiger charge is -2.28. The summed E-state index contributed by atoms with van der Waals surface area (Å²) in [6.45, 7) is 4.48. The van der Waals surface area contributed by atoms with E-state index in [0.29, 0.717) is 0 Å². The van der Waals surface area contributed by atoms with E-state index in [4.69, 9.17) is 16.7 Å². The van der Waals surface area contributed by atoms with Crippen LogP contribution < -0.4 is 5.32 Å². The van der Waals surface area contributed by atoms with Gasteiger partial charge < -0.3 is 5.32 Å². The van der Waals surface area contributed by atoms with Crippen molar-refractivity contribution < 1.29 is 0 Å². The normalized spacial score (nSPS) is 11.4. The Balaban J connectivity index is 1.92. The maximum Gasteiger partial charge on any atom is 0.0930 e. The lowest BCUT2D eigenvalue weighted by Crippen LogP contribution is -2.24. The van der Waals surface area contributed by atoms with Crippen molar-refractivity contribution in [3.05, 3.63) is 101 Å². The molecule has 4 heteroatoms. The Morgan fingerprint density at radius 2 is 1.52 bits per heavy atom. The van der Waals surface area contributed by atoms with E-state index >= 15 is 0 Å². The van der Waals surface area contributed by atoms with E-state index in [1.54, 1.807) is 0 Å². The van der Waals surface area contributed by atoms with E-state index in [1.165, 1.54) is 5.56 Å². The van der Waals surface area contributed by atoms with Crippen molar-refractivity contribution in [1.82, 2.24) is 9.78 Å². The fraction of sp³-hybridized carbons (Fsp3) is 0.160. The van der Waals surface area contributed by atoms with Gasteiger partial charge in [0.05, 0.1) is 17.1 Å². The van der Waals surface area contributed by atoms with E-state index < -0.39 is 0 Å². The zero-order valence-corrected chi connectivity index (χ0v) is 17.6. The van der Waals surface area contributed by atoms with Crippen molar-refractivity contribution in [2.24, 2.45) is 0 Å². The summed E-state index contributed by atoms with van der Waals surface area (Å²) in [6, 6.07) is 28.7. The third-order valence-corrected chi connectivity index (χ3v) is 5.61. The third kappa shape index (κ3) is 3.66. The van der Waals surface area contributed by atoms with Gasteiger partial charge in [0.15, 0.2) is 0 Å². The van der Waals surface area contributed by atoms with Gasteiger partial charge in [-0.3, -0.25) is 0 Å². The monoisotopic (exact) mass is 401 g/mol. The summed E-state index contributed by atoms with van der Waals surface area (Å²) in [5.41, 5.74) is 6.20. The third-order valence-electron chi connectivity index (χ3n) is 5.36. The number of aromatic nitrogens is 2. The highest BCUT2D eigenvalue weighted by atomic mass is 35.5. The van der Waals surface area contributed by atoms with Gasteiger partial charge in [0, 0.05) is 28.7 Å². The van der Waals surface area contributed by atoms with Crippen LogP contribution in [-0.4, -0.2) is 16.8 Å². The Morgan fingerprint density at radius 1 is 0.862 bits per heavy atom. The molecule has 1 N–H and O–H groups in total. The van der Waals surface area contributed by atoms with Crippen LogP contribution in [-0.2, 0) is 5.41 Å². The Bertz CT molecular complexity index is 1110. The summed E-state index contributed by atoms with van der Waals surface area (Å²) in [5, 5.41) is 9.03. The maximum atomic E-state index is 6.08. The summed E-state index contributed by atoms with van der Waals surface area (Å²) >= 11 is 6.08. The molecule has 0 spiro atoms. The van der Waals surface area contributed by atoms with Gasteiger partial charge in [-0.2, -0.15) is 5.10 Å². The average molecular weight is 402 g/mol. The molecule has 4 rings (SSSR count). The molecule has 0 radical (unpaired) electrons. The standard InChI is InChI=1S/C25H24ClN3/c1-25(2,21-11-7-8-12-22(21)27-3)24-17-23(18-13-15-19(26)16-14-18)28-29(24)20-9-5-4-6-10-20/h4-17,27H,1-3H3. The van der Waals surface area contributed by atoms with Gasteiger partial charge >= 0.3 is 0 Å². The predicted molar refractivity (Wildman–Crippen MR) is 122 cm³/mol. The quantitative estimate of drug-likeness (QED) is 0.410. The van der Waals surface area contributed by atoms with Gasteiger partial charge in [-0.1, -0.05) is 74.0 Å². The summed E-state index contributed by atoms with van der Waals surface area (Å²) in [4.78, 5) is 0. The van der Waals surface area contributed by atoms with Gasteiger partial charge in [0.25, 0.3) is 0 Å². The zero-order valence-electron chi connectivity index (χ0n) is 16.9. The number of para-hydroxylation sites is 2. The lowest BCUT2D eigenvalue weighted by atomic mass is 9.80. The van der Waals surface area contributed by atoms with Gasteiger partial charge in [-0.25, -0.2) is 4.68 Å². The molecule has 0 atom stereocenters. The van der Waals surface area contributed by atoms with Crippen molar-refractivity contribution in [3.63, 3.8) is 0 Å². The maximum absolute atomic E-state index is 6.08. The lowest BCUT2D eigenvalue weighted by molar-refractivity contribution is 0.587. The molecular weight excluding hydrogens is 378 g/mol. The second kappa shape index (κ2) is 7.76. The van der Waals surface area contributed by atoms with Crippen LogP contribution in [0.25, 0.3) is 16.9 Å². The minimum atomic E-state index is -0.271. The molecule has 4 aromatic rings. The van der Waals surface area contributed by atoms with E-state index in [0.717, 1.165) is 33.3 Å². The van der Waals surface area contributed by atoms with Crippen LogP contribution in [0.2, 0.25) is 5.02 Å². The molecule has 0 aliphatic carbocycles. The molecular formula is C25H24ClN3. The highest BCUT2D eigenvalue weighted by Crippen LogP contribution is 2.38. The fourth-order valence-electron chi connectivity index (χ4n) is 3.74. The molecule has 0 fully saturated rings. The van der Waals surface area contributed by atoms with Gasteiger partial charge in [0.1, 0.15) is 0 Å². The van der Waals surface area contributed by atoms with E-state index in [1.807, 2.05) is 49.5 Å². The van der Waals surface area contributed by atoms with Crippen LogP contribution >= 0.6 is 11.6 Å². The topological polar surface area (TPSA) is 29.9 Å². The van der Waals surface area contributed by atoms with E-state index in [-0.39, 0.29) is 5.41 Å². The second-order valence-corrected chi connectivity index (χ2v) is 8.03. The Morgan fingerprint density at radius 3 is 2.21 bits per heavy atom. The van der Waals surface area contributed by atoms with Crippen LogP contribution in [0.1, 0.15) is 25.1 Å². The van der Waals surface area contributed by atoms with Crippen LogP contribution in [0.3, 0.4) is 0 Å². The van der Waals surface area contributed by atoms with Gasteiger partial charge in [0.2, 0.25) is 0 Å². The molecule has 3 aromatic carbocycles. The number of nitrogens with zero attached hydrogens (tertiary/aromatic N) is 2. The molecule has 0 bridgehead atoms. The molecule has 0 aliphatic rings. The van der Waals surface area contributed by atoms with E-state index in [9.17, 15) is 0 Å². The molecule has 0 saturated heterocycles. The van der Waals surface area contributed by atoms with Crippen molar-refractivity contribution in [2.75, 3.05) is 12.4 Å². The summed E-state index contributed by atoms with van der Waals surface area (Å²) in [7, 11) is 1.96. The molecule has 1 heterocycles. The van der Waals surface area contributed by atoms with Crippen molar-refractivity contribution in [2.45, 2.75) is 19.3 Å². The number of halogens is 1. The first-order valence-electron chi connectivity index (χ1n) is 9.70. The molecule has 0 unspecified atom stereocenters. The van der Waals surface area contributed by atoms with Gasteiger partial charge in [-0.15, -0.1) is 0 Å². The average Bonchev–Trinajstić information content (AvgIpc) is 3.21. The number of hydrogen-bond donors (Lipinski definition) is 1.